The fraction of sp³-hybridized carbons (Fsp3) is 0.464. The number of rotatable bonds is 5. The van der Waals surface area contributed by atoms with Gasteiger partial charge in [-0.25, -0.2) is 4.98 Å². The summed E-state index contributed by atoms with van der Waals surface area (Å²) in [5, 5.41) is 0. The molecule has 2 N–H and O–H groups in total. The monoisotopic (exact) mass is 571 g/mol. The number of aromatic nitrogens is 2. The highest BCUT2D eigenvalue weighted by Gasteiger charge is 2.72. The van der Waals surface area contributed by atoms with Crippen molar-refractivity contribution in [3.05, 3.63) is 46.1 Å². The predicted octanol–water partition coefficient (Wildman–Crippen LogP) is 4.25. The zero-order valence-corrected chi connectivity index (χ0v) is 23.0. The molecule has 5 heterocycles. The summed E-state index contributed by atoms with van der Waals surface area (Å²) in [6.07, 6.45) is -2.52. The molecule has 1 aliphatic carbocycles. The quantitative estimate of drug-likeness (QED) is 0.459. The first kappa shape index (κ1) is 26.8. The van der Waals surface area contributed by atoms with Gasteiger partial charge in [-0.1, -0.05) is 13.8 Å². The normalized spacial score (nSPS) is 23.8. The number of alkyl halides is 3. The second-order valence-corrected chi connectivity index (χ2v) is 12.6. The molecule has 2 unspecified atom stereocenters. The van der Waals surface area contributed by atoms with Crippen LogP contribution in [0.2, 0.25) is 0 Å². The molecular formula is C28H28F3N5O3S. The Hall–Kier alpha value is -3.38. The minimum absolute atomic E-state index is 0.0642. The van der Waals surface area contributed by atoms with Gasteiger partial charge in [-0.05, 0) is 55.0 Å². The van der Waals surface area contributed by atoms with Crippen LogP contribution in [0.15, 0.2) is 24.4 Å². The predicted molar refractivity (Wildman–Crippen MR) is 142 cm³/mol. The standard InChI is InChI=1S/C28H28F3N5O3S/c1-13-8-18(28(29,30)31)34-22(19(13)24(37)35-7-5-14(10-32)11-35)16-4-6-33-17-9-15(40-23(16)17)12-36-25(38)20-21(26(36)39)27(20,2)3/h4,6,8-9,14,20-21H,5,7,10-12,32H2,1-3H3/t14-,20?,21?/m0/s1. The highest BCUT2D eigenvalue weighted by Crippen LogP contribution is 2.63. The fourth-order valence-corrected chi connectivity index (χ4v) is 7.34. The molecule has 8 nitrogen and oxygen atoms in total. The van der Waals surface area contributed by atoms with Crippen LogP contribution >= 0.6 is 11.3 Å². The second-order valence-electron chi connectivity index (χ2n) is 11.5. The smallest absolute Gasteiger partial charge is 0.338 e. The number of nitrogens with zero attached hydrogens (tertiary/aromatic N) is 4. The average molecular weight is 572 g/mol. The molecule has 3 atom stereocenters. The van der Waals surface area contributed by atoms with E-state index in [1.807, 2.05) is 13.8 Å². The van der Waals surface area contributed by atoms with E-state index in [0.717, 1.165) is 12.5 Å². The Morgan fingerprint density at radius 2 is 1.90 bits per heavy atom. The lowest BCUT2D eigenvalue weighted by Crippen LogP contribution is -2.35. The number of aryl methyl sites for hydroxylation is 1. The van der Waals surface area contributed by atoms with E-state index < -0.39 is 11.9 Å². The van der Waals surface area contributed by atoms with Gasteiger partial charge in [-0.2, -0.15) is 13.2 Å². The Morgan fingerprint density at radius 3 is 2.52 bits per heavy atom. The van der Waals surface area contributed by atoms with Crippen molar-refractivity contribution in [1.29, 1.82) is 0 Å². The van der Waals surface area contributed by atoms with E-state index in [1.54, 1.807) is 17.0 Å². The van der Waals surface area contributed by atoms with Crippen LogP contribution in [-0.2, 0) is 22.3 Å². The van der Waals surface area contributed by atoms with Crippen molar-refractivity contribution < 1.29 is 27.6 Å². The van der Waals surface area contributed by atoms with Crippen molar-refractivity contribution >= 4 is 39.3 Å². The third-order valence-corrected chi connectivity index (χ3v) is 9.69. The molecule has 3 aromatic rings. The lowest BCUT2D eigenvalue weighted by atomic mass is 9.99. The topological polar surface area (TPSA) is 109 Å². The molecule has 0 spiro atoms. The summed E-state index contributed by atoms with van der Waals surface area (Å²) in [6, 6.07) is 4.19. The molecular weight excluding hydrogens is 543 g/mol. The van der Waals surface area contributed by atoms with E-state index in [1.165, 1.54) is 29.4 Å². The van der Waals surface area contributed by atoms with Crippen LogP contribution in [0.3, 0.4) is 0 Å². The molecule has 40 heavy (non-hydrogen) atoms. The van der Waals surface area contributed by atoms with Gasteiger partial charge in [0.25, 0.3) is 5.91 Å². The Morgan fingerprint density at radius 1 is 1.20 bits per heavy atom. The lowest BCUT2D eigenvalue weighted by molar-refractivity contribution is -0.144. The molecule has 0 aromatic carbocycles. The largest absolute Gasteiger partial charge is 0.433 e. The highest BCUT2D eigenvalue weighted by atomic mass is 32.1. The Labute approximate surface area is 232 Å². The lowest BCUT2D eigenvalue weighted by Gasteiger charge is -2.21. The van der Waals surface area contributed by atoms with Crippen LogP contribution in [0.1, 0.15) is 46.8 Å². The van der Waals surface area contributed by atoms with E-state index in [4.69, 9.17) is 5.73 Å². The second kappa shape index (κ2) is 9.07. The summed E-state index contributed by atoms with van der Waals surface area (Å²) >= 11 is 1.23. The first-order chi connectivity index (χ1) is 18.8. The third-order valence-electron chi connectivity index (χ3n) is 8.55. The van der Waals surface area contributed by atoms with E-state index in [0.29, 0.717) is 40.3 Å². The summed E-state index contributed by atoms with van der Waals surface area (Å²) in [7, 11) is 0. The zero-order valence-electron chi connectivity index (χ0n) is 22.2. The summed E-state index contributed by atoms with van der Waals surface area (Å²) in [5.74, 6) is -1.27. The minimum atomic E-state index is -4.71. The number of carbonyl (C=O) groups excluding carboxylic acids is 3. The number of pyridine rings is 2. The molecule has 2 aliphatic heterocycles. The van der Waals surface area contributed by atoms with Crippen LogP contribution in [-0.4, -0.2) is 57.1 Å². The SMILES string of the molecule is Cc1cc(C(F)(F)F)nc(-c2ccnc3cc(CN4C(=O)C5C(C4=O)C5(C)C)sc23)c1C(=O)N1CC[C@@H](CN)C1. The summed E-state index contributed by atoms with van der Waals surface area (Å²) < 4.78 is 42.1. The average Bonchev–Trinajstić information content (AvgIpc) is 3.32. The first-order valence-corrected chi connectivity index (χ1v) is 14.0. The minimum Gasteiger partial charge on any atom is -0.338 e. The van der Waals surface area contributed by atoms with E-state index >= 15 is 0 Å². The fourth-order valence-electron chi connectivity index (χ4n) is 6.22. The number of hydrogen-bond acceptors (Lipinski definition) is 7. The van der Waals surface area contributed by atoms with Gasteiger partial charge in [0.15, 0.2) is 0 Å². The van der Waals surface area contributed by atoms with Crippen LogP contribution in [0, 0.1) is 30.1 Å². The van der Waals surface area contributed by atoms with Gasteiger partial charge >= 0.3 is 6.18 Å². The van der Waals surface area contributed by atoms with E-state index in [-0.39, 0.29) is 64.3 Å². The molecule has 210 valence electrons. The number of hydrogen-bond donors (Lipinski definition) is 1. The van der Waals surface area contributed by atoms with Crippen LogP contribution < -0.4 is 5.73 Å². The molecule has 12 heteroatoms. The molecule has 1 saturated carbocycles. The number of nitrogens with two attached hydrogens (primary N) is 1. The van der Waals surface area contributed by atoms with Gasteiger partial charge in [0.2, 0.25) is 11.8 Å². The maximum Gasteiger partial charge on any atom is 0.433 e. The van der Waals surface area contributed by atoms with Gasteiger partial charge < -0.3 is 10.6 Å². The summed E-state index contributed by atoms with van der Waals surface area (Å²) in [6.45, 7) is 6.69. The van der Waals surface area contributed by atoms with Gasteiger partial charge in [0.1, 0.15) is 5.69 Å². The van der Waals surface area contributed by atoms with Crippen molar-refractivity contribution in [1.82, 2.24) is 19.8 Å². The van der Waals surface area contributed by atoms with Gasteiger partial charge in [-0.3, -0.25) is 24.3 Å². The maximum absolute atomic E-state index is 13.9. The molecule has 3 aliphatic rings. The van der Waals surface area contributed by atoms with Crippen LogP contribution in [0.4, 0.5) is 13.2 Å². The Bertz CT molecular complexity index is 1560. The number of halogens is 3. The first-order valence-electron chi connectivity index (χ1n) is 13.1. The van der Waals surface area contributed by atoms with Crippen LogP contribution in [0.25, 0.3) is 21.5 Å². The molecule has 0 bridgehead atoms. The van der Waals surface area contributed by atoms with Gasteiger partial charge in [-0.15, -0.1) is 11.3 Å². The summed E-state index contributed by atoms with van der Waals surface area (Å²) in [4.78, 5) is 51.3. The van der Waals surface area contributed by atoms with Crippen molar-refractivity contribution in [2.75, 3.05) is 19.6 Å². The number of thiophene rings is 1. The summed E-state index contributed by atoms with van der Waals surface area (Å²) in [5.41, 5.74) is 5.43. The van der Waals surface area contributed by atoms with E-state index in [9.17, 15) is 27.6 Å². The number of carbonyl (C=O) groups is 3. The van der Waals surface area contributed by atoms with Gasteiger partial charge in [0, 0.05) is 29.7 Å². The number of likely N-dealkylation sites (tertiary alicyclic amines) is 2. The Kier molecular flexibility index (Phi) is 6.08. The zero-order chi connectivity index (χ0) is 28.7. The molecule has 3 amide bonds. The van der Waals surface area contributed by atoms with Crippen molar-refractivity contribution in [2.24, 2.45) is 28.9 Å². The van der Waals surface area contributed by atoms with Crippen LogP contribution in [0.5, 0.6) is 0 Å². The molecule has 6 rings (SSSR count). The number of fused-ring (bicyclic) bond motifs is 2. The van der Waals surface area contributed by atoms with E-state index in [2.05, 4.69) is 9.97 Å². The third kappa shape index (κ3) is 4.11. The molecule has 3 fully saturated rings. The van der Waals surface area contributed by atoms with Crippen molar-refractivity contribution in [3.63, 3.8) is 0 Å². The molecule has 3 aromatic heterocycles. The highest BCUT2D eigenvalue weighted by molar-refractivity contribution is 7.19. The van der Waals surface area contributed by atoms with Crippen molar-refractivity contribution in [3.8, 4) is 11.3 Å². The Balaban J connectivity index is 1.42. The number of piperidine rings is 1. The maximum atomic E-state index is 13.9. The number of imide groups is 1. The van der Waals surface area contributed by atoms with Gasteiger partial charge in [0.05, 0.1) is 39.9 Å². The number of amides is 3. The molecule has 2 saturated heterocycles. The van der Waals surface area contributed by atoms with Crippen molar-refractivity contribution in [2.45, 2.75) is 39.9 Å². The molecule has 0 radical (unpaired) electrons.